The summed E-state index contributed by atoms with van der Waals surface area (Å²) in [5.41, 5.74) is 18.2. The van der Waals surface area contributed by atoms with Gasteiger partial charge in [0.25, 0.3) is 0 Å². The van der Waals surface area contributed by atoms with Crippen LogP contribution in [0.25, 0.3) is 55.8 Å². The molecular weight excluding hydrogens is 823 g/mol. The van der Waals surface area contributed by atoms with E-state index in [1.165, 1.54) is 11.1 Å². The SMILES string of the molecule is C=C/C(=C(/O)c1ccccc1)C1(/C(C=C)=C(/c2ccccc2)C(C)C)c2ccccc2-c2c(-c3cccc(-c4cccc(N(c5ccccc5)c5ccc(-c6ccccc6)cc5)c4)c3)cccc21. The third-order valence-electron chi connectivity index (χ3n) is 13.4. The Kier molecular flexibility index (Phi) is 12.0. The number of para-hydroxylation sites is 1. The van der Waals surface area contributed by atoms with Gasteiger partial charge in [0, 0.05) is 28.2 Å². The van der Waals surface area contributed by atoms with Crippen LogP contribution in [-0.2, 0) is 5.41 Å². The lowest BCUT2D eigenvalue weighted by molar-refractivity contribution is 0.500. The number of aliphatic hydroxyl groups excluding tert-OH is 1. The molecule has 0 bridgehead atoms. The Morgan fingerprint density at radius 1 is 0.426 bits per heavy atom. The predicted molar refractivity (Wildman–Crippen MR) is 288 cm³/mol. The van der Waals surface area contributed by atoms with Crippen molar-refractivity contribution in [2.24, 2.45) is 5.92 Å². The zero-order chi connectivity index (χ0) is 46.6. The summed E-state index contributed by atoms with van der Waals surface area (Å²) in [7, 11) is 0. The first kappa shape index (κ1) is 43.4. The molecule has 1 atom stereocenters. The van der Waals surface area contributed by atoms with Gasteiger partial charge in [0.2, 0.25) is 0 Å². The van der Waals surface area contributed by atoms with Gasteiger partial charge in [0.15, 0.2) is 0 Å². The van der Waals surface area contributed by atoms with Gasteiger partial charge >= 0.3 is 0 Å². The summed E-state index contributed by atoms with van der Waals surface area (Å²) in [5, 5.41) is 12.7. The fourth-order valence-electron chi connectivity index (χ4n) is 10.5. The highest BCUT2D eigenvalue weighted by Crippen LogP contribution is 2.61. The summed E-state index contributed by atoms with van der Waals surface area (Å²) >= 11 is 0. The van der Waals surface area contributed by atoms with Gasteiger partial charge in [0.1, 0.15) is 5.76 Å². The molecule has 0 fully saturated rings. The lowest BCUT2D eigenvalue weighted by atomic mass is 9.63. The fraction of sp³-hybridized carbons (Fsp3) is 0.0606. The minimum absolute atomic E-state index is 0.116. The summed E-state index contributed by atoms with van der Waals surface area (Å²) in [6.07, 6.45) is 3.88. The minimum atomic E-state index is -0.979. The Hall–Kier alpha value is -8.46. The first-order valence-corrected chi connectivity index (χ1v) is 23.4. The maximum absolute atomic E-state index is 12.7. The first-order valence-electron chi connectivity index (χ1n) is 23.4. The van der Waals surface area contributed by atoms with Crippen LogP contribution in [-0.4, -0.2) is 5.11 Å². The number of hydrogen-bond acceptors (Lipinski definition) is 2. The molecule has 0 aromatic heterocycles. The molecular formula is C66H53NO. The van der Waals surface area contributed by atoms with Crippen LogP contribution in [0.3, 0.4) is 0 Å². The Balaban J connectivity index is 1.16. The lowest BCUT2D eigenvalue weighted by Gasteiger charge is -2.38. The highest BCUT2D eigenvalue weighted by Gasteiger charge is 2.50. The van der Waals surface area contributed by atoms with Gasteiger partial charge in [0.05, 0.1) is 5.41 Å². The van der Waals surface area contributed by atoms with E-state index in [-0.39, 0.29) is 11.7 Å². The van der Waals surface area contributed by atoms with Gasteiger partial charge in [-0.3, -0.25) is 0 Å². The molecule has 0 heterocycles. The number of hydrogen-bond donors (Lipinski definition) is 1. The Bertz CT molecular complexity index is 3330. The molecule has 68 heavy (non-hydrogen) atoms. The van der Waals surface area contributed by atoms with E-state index in [9.17, 15) is 5.11 Å². The van der Waals surface area contributed by atoms with Crippen molar-refractivity contribution >= 4 is 28.4 Å². The number of fused-ring (bicyclic) bond motifs is 3. The van der Waals surface area contributed by atoms with Crippen molar-refractivity contribution in [2.45, 2.75) is 19.3 Å². The smallest absolute Gasteiger partial charge is 0.127 e. The van der Waals surface area contributed by atoms with Gasteiger partial charge in [-0.05, 0) is 121 Å². The number of allylic oxidation sites excluding steroid dienone is 5. The van der Waals surface area contributed by atoms with Crippen LogP contribution in [0.2, 0.25) is 0 Å². The summed E-state index contributed by atoms with van der Waals surface area (Å²) < 4.78 is 0. The van der Waals surface area contributed by atoms with E-state index in [0.717, 1.165) is 83.8 Å². The summed E-state index contributed by atoms with van der Waals surface area (Å²) in [4.78, 5) is 2.32. The number of benzene rings is 9. The molecule has 0 saturated heterocycles. The van der Waals surface area contributed by atoms with E-state index in [4.69, 9.17) is 0 Å². The van der Waals surface area contributed by atoms with E-state index in [1.54, 1.807) is 0 Å². The normalized spacial score (nSPS) is 14.6. The number of nitrogens with zero attached hydrogens (tertiary/aromatic N) is 1. The molecule has 0 amide bonds. The molecule has 1 N–H and O–H groups in total. The molecule has 1 unspecified atom stereocenters. The predicted octanol–water partition coefficient (Wildman–Crippen LogP) is 17.9. The highest BCUT2D eigenvalue weighted by molar-refractivity contribution is 5.99. The second-order valence-electron chi connectivity index (χ2n) is 17.6. The second-order valence-corrected chi connectivity index (χ2v) is 17.6. The largest absolute Gasteiger partial charge is 0.507 e. The van der Waals surface area contributed by atoms with Crippen LogP contribution in [0.1, 0.15) is 36.1 Å². The second kappa shape index (κ2) is 18.8. The molecule has 0 radical (unpaired) electrons. The summed E-state index contributed by atoms with van der Waals surface area (Å²) in [6, 6.07) is 83.4. The van der Waals surface area contributed by atoms with Gasteiger partial charge < -0.3 is 10.0 Å². The van der Waals surface area contributed by atoms with Crippen molar-refractivity contribution in [3.05, 3.63) is 295 Å². The van der Waals surface area contributed by atoms with Crippen molar-refractivity contribution < 1.29 is 5.11 Å². The van der Waals surface area contributed by atoms with E-state index in [2.05, 4.69) is 238 Å². The molecule has 10 rings (SSSR count). The minimum Gasteiger partial charge on any atom is -0.507 e. The summed E-state index contributed by atoms with van der Waals surface area (Å²) in [5.74, 6) is 0.299. The van der Waals surface area contributed by atoms with Crippen LogP contribution in [0.15, 0.2) is 273 Å². The van der Waals surface area contributed by atoms with Crippen molar-refractivity contribution in [3.8, 4) is 44.5 Å². The third-order valence-corrected chi connectivity index (χ3v) is 13.4. The lowest BCUT2D eigenvalue weighted by Crippen LogP contribution is -2.32. The molecule has 328 valence electrons. The zero-order valence-electron chi connectivity index (χ0n) is 38.6. The van der Waals surface area contributed by atoms with E-state index in [1.807, 2.05) is 42.5 Å². The van der Waals surface area contributed by atoms with Crippen LogP contribution >= 0.6 is 0 Å². The highest BCUT2D eigenvalue weighted by atomic mass is 16.3. The van der Waals surface area contributed by atoms with Gasteiger partial charge in [-0.1, -0.05) is 233 Å². The molecule has 1 aliphatic rings. The van der Waals surface area contributed by atoms with Crippen LogP contribution < -0.4 is 4.90 Å². The van der Waals surface area contributed by atoms with Crippen LogP contribution in [0.5, 0.6) is 0 Å². The Labute approximate surface area is 401 Å². The van der Waals surface area contributed by atoms with E-state index in [0.29, 0.717) is 5.57 Å². The van der Waals surface area contributed by atoms with Crippen molar-refractivity contribution in [1.82, 2.24) is 0 Å². The molecule has 9 aromatic carbocycles. The quantitative estimate of drug-likeness (QED) is 0.0921. The summed E-state index contributed by atoms with van der Waals surface area (Å²) in [6.45, 7) is 13.5. The first-order chi connectivity index (χ1) is 33.4. The molecule has 2 heteroatoms. The fourth-order valence-corrected chi connectivity index (χ4v) is 10.5. The standard InChI is InChI=1S/C66H53NO/c1-5-59(63(46(3)4)49-26-13-8-14-27-49)66(60(6-2)65(68)50-28-15-9-16-29-50)61-38-20-19-36-58(61)64-57(37-23-39-62(64)66)53-32-21-30-51(44-53)52-31-22-35-56(45-52)67(54-33-17-10-18-34-54)55-42-40-48(41-43-55)47-24-11-7-12-25-47/h5-46,68H,1-2H2,3-4H3/b63-59+,65-60-. The van der Waals surface area contributed by atoms with Crippen molar-refractivity contribution in [3.63, 3.8) is 0 Å². The average molecular weight is 876 g/mol. The van der Waals surface area contributed by atoms with Gasteiger partial charge in [-0.15, -0.1) is 0 Å². The molecule has 9 aromatic rings. The monoisotopic (exact) mass is 875 g/mol. The molecule has 0 saturated carbocycles. The number of rotatable bonds is 13. The Morgan fingerprint density at radius 3 is 1.56 bits per heavy atom. The van der Waals surface area contributed by atoms with Gasteiger partial charge in [-0.2, -0.15) is 0 Å². The molecule has 0 aliphatic heterocycles. The zero-order valence-corrected chi connectivity index (χ0v) is 38.6. The van der Waals surface area contributed by atoms with Crippen molar-refractivity contribution in [2.75, 3.05) is 4.90 Å². The molecule has 2 nitrogen and oxygen atoms in total. The topological polar surface area (TPSA) is 23.5 Å². The maximum atomic E-state index is 12.7. The molecule has 1 aliphatic carbocycles. The van der Waals surface area contributed by atoms with Crippen LogP contribution in [0, 0.1) is 5.92 Å². The van der Waals surface area contributed by atoms with Crippen LogP contribution in [0.4, 0.5) is 17.1 Å². The van der Waals surface area contributed by atoms with E-state index < -0.39 is 5.41 Å². The number of anilines is 3. The van der Waals surface area contributed by atoms with Gasteiger partial charge in [-0.25, -0.2) is 0 Å². The maximum Gasteiger partial charge on any atom is 0.127 e. The molecule has 0 spiro atoms. The van der Waals surface area contributed by atoms with E-state index >= 15 is 0 Å². The third kappa shape index (κ3) is 7.70. The Morgan fingerprint density at radius 2 is 0.897 bits per heavy atom. The number of aliphatic hydroxyl groups is 1. The van der Waals surface area contributed by atoms with Crippen molar-refractivity contribution in [1.29, 1.82) is 0 Å². The average Bonchev–Trinajstić information content (AvgIpc) is 3.70.